The highest BCUT2D eigenvalue weighted by molar-refractivity contribution is 9.10. The number of fused-ring (bicyclic) bond motifs is 2. The lowest BCUT2D eigenvalue weighted by molar-refractivity contribution is -0.362. The number of halogens is 3. The number of hydrogen-bond donors (Lipinski definition) is 0. The van der Waals surface area contributed by atoms with E-state index in [-0.39, 0.29) is 0 Å². The summed E-state index contributed by atoms with van der Waals surface area (Å²) >= 11 is 3.45. The summed E-state index contributed by atoms with van der Waals surface area (Å²) < 4.78 is 34.4. The van der Waals surface area contributed by atoms with Crippen LogP contribution in [0.3, 0.4) is 0 Å². The third-order valence-electron chi connectivity index (χ3n) is 5.00. The van der Waals surface area contributed by atoms with Crippen LogP contribution >= 0.6 is 15.9 Å². The average molecular weight is 403 g/mol. The Labute approximate surface area is 154 Å². The zero-order valence-corrected chi connectivity index (χ0v) is 15.7. The van der Waals surface area contributed by atoms with Crippen LogP contribution in [0.25, 0.3) is 5.57 Å². The molecule has 0 amide bonds. The van der Waals surface area contributed by atoms with Gasteiger partial charge in [0, 0.05) is 28.7 Å². The van der Waals surface area contributed by atoms with Gasteiger partial charge in [-0.05, 0) is 41.9 Å². The first-order chi connectivity index (χ1) is 12.0. The predicted molar refractivity (Wildman–Crippen MR) is 102 cm³/mol. The molecule has 0 spiro atoms. The third-order valence-corrected chi connectivity index (χ3v) is 5.52. The topological polar surface area (TPSA) is 7.94 Å². The second-order valence-electron chi connectivity index (χ2n) is 6.34. The summed E-state index contributed by atoms with van der Waals surface area (Å²) in [6, 6.07) is 11.5. The fourth-order valence-corrected chi connectivity index (χ4v) is 4.12. The fraction of sp³-hybridized carbons (Fsp3) is 0.211. The minimum absolute atomic E-state index is 0.572. The summed E-state index contributed by atoms with van der Waals surface area (Å²) in [6.07, 6.45) is 4.79. The van der Waals surface area contributed by atoms with Crippen LogP contribution in [0.2, 0.25) is 0 Å². The molecule has 0 atom stereocenters. The summed E-state index contributed by atoms with van der Waals surface area (Å²) in [5, 5.41) is 0. The quantitative estimate of drug-likeness (QED) is 0.620. The molecule has 2 aliphatic heterocycles. The minimum Gasteiger partial charge on any atom is -0.393 e. The molecule has 0 saturated heterocycles. The number of aromatic nitrogens is 1. The van der Waals surface area contributed by atoms with Crippen LogP contribution < -0.4 is 0 Å². The van der Waals surface area contributed by atoms with Crippen molar-refractivity contribution in [3.05, 3.63) is 75.7 Å². The second-order valence-corrected chi connectivity index (χ2v) is 7.25. The lowest BCUT2D eigenvalue weighted by Crippen LogP contribution is -2.51. The van der Waals surface area contributed by atoms with Crippen molar-refractivity contribution in [1.82, 2.24) is 4.48 Å². The molecule has 2 aromatic rings. The zero-order chi connectivity index (χ0) is 17.8. The summed E-state index contributed by atoms with van der Waals surface area (Å²) in [6.45, 7) is -0.0522. The molecule has 1 aromatic carbocycles. The van der Waals surface area contributed by atoms with Gasteiger partial charge in [0.1, 0.15) is 5.71 Å². The predicted octanol–water partition coefficient (Wildman–Crippen LogP) is 5.24. The molecule has 0 saturated carbocycles. The molecule has 3 heterocycles. The van der Waals surface area contributed by atoms with Gasteiger partial charge in [-0.25, -0.2) is 0 Å². The normalized spacial score (nSPS) is 18.0. The van der Waals surface area contributed by atoms with Crippen molar-refractivity contribution in [2.75, 3.05) is 0 Å². The van der Waals surface area contributed by atoms with Gasteiger partial charge in [-0.2, -0.15) is 0 Å². The van der Waals surface area contributed by atoms with Crippen LogP contribution in [0.15, 0.2) is 58.7 Å². The molecular weight excluding hydrogens is 385 g/mol. The number of rotatable bonds is 3. The van der Waals surface area contributed by atoms with E-state index in [4.69, 9.17) is 0 Å². The number of hydrogen-bond acceptors (Lipinski definition) is 0. The van der Waals surface area contributed by atoms with E-state index < -0.39 is 6.97 Å². The number of benzene rings is 1. The molecule has 0 radical (unpaired) electrons. The average Bonchev–Trinajstić information content (AvgIpc) is 3.21. The second kappa shape index (κ2) is 5.80. The van der Waals surface area contributed by atoms with Gasteiger partial charge < -0.3 is 17.6 Å². The van der Waals surface area contributed by atoms with Crippen molar-refractivity contribution in [2.24, 2.45) is 0 Å². The van der Waals surface area contributed by atoms with E-state index in [1.807, 2.05) is 62.4 Å². The van der Waals surface area contributed by atoms with Gasteiger partial charge in [0.05, 0.1) is 5.57 Å². The summed E-state index contributed by atoms with van der Waals surface area (Å²) in [5.41, 5.74) is 4.32. The minimum atomic E-state index is -3.89. The smallest absolute Gasteiger partial charge is 0.393 e. The van der Waals surface area contributed by atoms with Crippen molar-refractivity contribution < 1.29 is 13.1 Å². The summed E-state index contributed by atoms with van der Waals surface area (Å²) in [4.78, 5) is 0. The van der Waals surface area contributed by atoms with Crippen LogP contribution in [0, 0.1) is 0 Å². The Hall–Kier alpha value is -1.95. The number of aryl methyl sites for hydroxylation is 1. The Morgan fingerprint density at radius 1 is 1.00 bits per heavy atom. The molecule has 0 fully saturated rings. The van der Waals surface area contributed by atoms with Crippen LogP contribution in [-0.4, -0.2) is 21.6 Å². The van der Waals surface area contributed by atoms with Crippen LogP contribution in [0.4, 0.5) is 8.63 Å². The van der Waals surface area contributed by atoms with Crippen molar-refractivity contribution in [1.29, 1.82) is 0 Å². The maximum Gasteiger partial charge on any atom is 0.737 e. The number of nitrogens with zero attached hydrogens (tertiary/aromatic N) is 2. The Bertz CT molecular complexity index is 952. The van der Waals surface area contributed by atoms with Crippen LogP contribution in [-0.2, 0) is 6.42 Å². The molecule has 1 aromatic heterocycles. The van der Waals surface area contributed by atoms with Crippen molar-refractivity contribution in [2.45, 2.75) is 26.7 Å². The van der Waals surface area contributed by atoms with Crippen molar-refractivity contribution in [3.63, 3.8) is 0 Å². The molecule has 0 bridgehead atoms. The van der Waals surface area contributed by atoms with Crippen molar-refractivity contribution in [3.8, 4) is 0 Å². The van der Waals surface area contributed by atoms with Crippen LogP contribution in [0.5, 0.6) is 0 Å². The molecule has 0 N–H and O–H groups in total. The maximum atomic E-state index is 15.5. The molecule has 0 unspecified atom stereocenters. The molecule has 4 rings (SSSR count). The standard InChI is InChI=1S/C19H18BBrF2N2/c1-3-15-9-11-17-19(13-5-7-14(21)8-6-13)18-12-10-16(4-2)25(18)20(22,23)24(15)17/h5-12H,3-4H2,1-2H3. The summed E-state index contributed by atoms with van der Waals surface area (Å²) in [5.74, 6) is 0. The van der Waals surface area contributed by atoms with E-state index in [9.17, 15) is 0 Å². The van der Waals surface area contributed by atoms with E-state index >= 15 is 8.63 Å². The monoisotopic (exact) mass is 402 g/mol. The molecule has 0 aliphatic carbocycles. The molecule has 2 aliphatic rings. The van der Waals surface area contributed by atoms with Gasteiger partial charge in [0.25, 0.3) is 0 Å². The Kier molecular flexibility index (Phi) is 3.83. The maximum absolute atomic E-state index is 15.5. The molecule has 2 nitrogen and oxygen atoms in total. The first kappa shape index (κ1) is 16.5. The first-order valence-electron chi connectivity index (χ1n) is 8.55. The van der Waals surface area contributed by atoms with E-state index in [1.54, 1.807) is 0 Å². The van der Waals surface area contributed by atoms with E-state index in [2.05, 4.69) is 15.9 Å². The fourth-order valence-electron chi connectivity index (χ4n) is 3.86. The van der Waals surface area contributed by atoms with E-state index in [0.717, 1.165) is 15.6 Å². The molecule has 128 valence electrons. The van der Waals surface area contributed by atoms with Gasteiger partial charge in [0.15, 0.2) is 5.70 Å². The highest BCUT2D eigenvalue weighted by Gasteiger charge is 2.53. The Morgan fingerprint density at radius 3 is 2.36 bits per heavy atom. The molecular formula is C19H18BBrF2N2. The van der Waals surface area contributed by atoms with Gasteiger partial charge >= 0.3 is 6.97 Å². The van der Waals surface area contributed by atoms with Crippen molar-refractivity contribution >= 4 is 34.2 Å². The largest absolute Gasteiger partial charge is 0.737 e. The summed E-state index contributed by atoms with van der Waals surface area (Å²) in [7, 11) is 0. The lowest BCUT2D eigenvalue weighted by Gasteiger charge is -2.33. The van der Waals surface area contributed by atoms with E-state index in [0.29, 0.717) is 35.6 Å². The zero-order valence-electron chi connectivity index (χ0n) is 14.1. The van der Waals surface area contributed by atoms with Gasteiger partial charge in [0.2, 0.25) is 0 Å². The Morgan fingerprint density at radius 2 is 1.72 bits per heavy atom. The number of allylic oxidation sites excluding steroid dienone is 2. The molecule has 25 heavy (non-hydrogen) atoms. The van der Waals surface area contributed by atoms with Gasteiger partial charge in [-0.1, -0.05) is 41.9 Å². The SMILES string of the molecule is CCC1=[N+]2C(=C(c3ccc(Br)cc3)c3ccc(CC)n3[B-]2(F)F)C=C1. The highest BCUT2D eigenvalue weighted by atomic mass is 79.9. The van der Waals surface area contributed by atoms with Crippen LogP contribution in [0.1, 0.15) is 37.2 Å². The third kappa shape index (κ3) is 2.30. The van der Waals surface area contributed by atoms with E-state index in [1.165, 1.54) is 8.96 Å². The Balaban J connectivity index is 2.08. The first-order valence-corrected chi connectivity index (χ1v) is 9.34. The molecule has 6 heteroatoms. The van der Waals surface area contributed by atoms with Gasteiger partial charge in [-0.15, -0.1) is 0 Å². The van der Waals surface area contributed by atoms with Gasteiger partial charge in [-0.3, -0.25) is 0 Å². The lowest BCUT2D eigenvalue weighted by atomic mass is 9.85. The highest BCUT2D eigenvalue weighted by Crippen LogP contribution is 2.40.